The molecule has 10 heterocycles. The van der Waals surface area contributed by atoms with Crippen LogP contribution in [-0.2, 0) is 39.0 Å². The van der Waals surface area contributed by atoms with Gasteiger partial charge in [0, 0.05) is 89.3 Å². The average molecular weight is 1320 g/mol. The van der Waals surface area contributed by atoms with Gasteiger partial charge >= 0.3 is 23.0 Å². The number of halogens is 1. The fourth-order valence-corrected chi connectivity index (χ4v) is 13.6. The Bertz CT molecular complexity index is 5490. The van der Waals surface area contributed by atoms with Gasteiger partial charge < -0.3 is 0 Å². The van der Waals surface area contributed by atoms with Gasteiger partial charge in [-0.3, -0.25) is 47.3 Å². The van der Waals surface area contributed by atoms with Gasteiger partial charge in [0.15, 0.2) is 24.5 Å². The lowest BCUT2D eigenvalue weighted by Gasteiger charge is -2.18. The number of carbonyl (C=O) groups excluding carboxylic acids is 2. The Morgan fingerprint density at radius 2 is 1.24 bits per heavy atom. The molecular formula is C59H41IN18O6S3+2. The maximum Gasteiger partial charge on any atom is 0.436 e. The van der Waals surface area contributed by atoms with Crippen LogP contribution < -0.4 is 27.4 Å². The second kappa shape index (κ2) is 22.8. The molecule has 2 amide bonds. The minimum Gasteiger partial charge on any atom is -0.291 e. The number of carbonyl (C=O) groups is 2. The van der Waals surface area contributed by atoms with Crippen LogP contribution in [-0.4, -0.2) is 78.6 Å². The first-order chi connectivity index (χ1) is 42.0. The molecule has 0 fully saturated rings. The normalized spacial score (nSPS) is 11.2. The SMILES string of the molecule is C=C(SC)C(=O)N(C(=O)I)c1cnc([N+]#CCCn2c(=O)n(-c3cnc([N+]#CCCn4c(=O)n(-c5cncc6cnn(C)c56)c(=O)c5sc(-c6c(C)cccc6C#N)cc54)c4cnn(C)c34)c(=O)c3sc(-c4ccccc4C#N)cc32)c2cnn(C)c12. The molecule has 0 aliphatic rings. The highest BCUT2D eigenvalue weighted by Crippen LogP contribution is 2.38. The van der Waals surface area contributed by atoms with E-state index in [0.717, 1.165) is 42.7 Å². The summed E-state index contributed by atoms with van der Waals surface area (Å²) in [5.74, 6) is -0.302. The van der Waals surface area contributed by atoms with E-state index in [9.17, 15) is 34.5 Å². The predicted octanol–water partition coefficient (Wildman–Crippen LogP) is 9.85. The molecule has 0 aliphatic heterocycles. The molecule has 0 saturated carbocycles. The number of nitrogens with zero attached hydrogens (tertiary/aromatic N) is 18. The predicted molar refractivity (Wildman–Crippen MR) is 344 cm³/mol. The molecule has 0 atom stereocenters. The number of anilines is 1. The zero-order chi connectivity index (χ0) is 61.1. The number of hydrogen-bond acceptors (Lipinski definition) is 17. The second-order valence-electron chi connectivity index (χ2n) is 19.5. The van der Waals surface area contributed by atoms with Crippen LogP contribution in [0.3, 0.4) is 0 Å². The highest BCUT2D eigenvalue weighted by atomic mass is 127. The van der Waals surface area contributed by atoms with Crippen molar-refractivity contribution in [3.63, 3.8) is 0 Å². The summed E-state index contributed by atoms with van der Waals surface area (Å²) in [6.07, 6.45) is 12.1. The molecule has 12 aromatic rings. The number of thiophene rings is 2. The maximum atomic E-state index is 15.1. The lowest BCUT2D eigenvalue weighted by molar-refractivity contribution is -0.113. The molecular weight excluding hydrogens is 1280 g/mol. The summed E-state index contributed by atoms with van der Waals surface area (Å²) < 4.78 is 9.45. The van der Waals surface area contributed by atoms with E-state index in [1.54, 1.807) is 93.0 Å². The topological polar surface area (TPSA) is 274 Å². The number of rotatable bonds is 11. The van der Waals surface area contributed by atoms with Gasteiger partial charge in [-0.1, -0.05) is 36.9 Å². The number of imide groups is 1. The number of pyridine rings is 3. The van der Waals surface area contributed by atoms with Crippen LogP contribution in [0.2, 0.25) is 0 Å². The van der Waals surface area contributed by atoms with E-state index < -0.39 is 32.3 Å². The fourth-order valence-electron chi connectivity index (χ4n) is 10.5. The summed E-state index contributed by atoms with van der Waals surface area (Å²) in [5.41, 5.74) is 2.62. The minimum absolute atomic E-state index is 0.0103. The van der Waals surface area contributed by atoms with E-state index in [-0.39, 0.29) is 68.9 Å². The summed E-state index contributed by atoms with van der Waals surface area (Å²) in [4.78, 5) is 111. The van der Waals surface area contributed by atoms with Gasteiger partial charge in [-0.05, 0) is 53.0 Å². The van der Waals surface area contributed by atoms with Crippen LogP contribution in [0.5, 0.6) is 0 Å². The van der Waals surface area contributed by atoms with Crippen molar-refractivity contribution in [1.29, 1.82) is 10.5 Å². The van der Waals surface area contributed by atoms with Gasteiger partial charge in [-0.15, -0.1) is 34.4 Å². The van der Waals surface area contributed by atoms with Crippen LogP contribution >= 0.6 is 57.0 Å². The van der Waals surface area contributed by atoms with Crippen LogP contribution in [0.1, 0.15) is 29.5 Å². The molecule has 0 aliphatic carbocycles. The molecule has 0 unspecified atom stereocenters. The monoisotopic (exact) mass is 1320 g/mol. The molecule has 12 rings (SSSR count). The van der Waals surface area contributed by atoms with E-state index >= 15 is 4.79 Å². The Morgan fingerprint density at radius 3 is 1.87 bits per heavy atom. The van der Waals surface area contributed by atoms with Crippen LogP contribution in [0.4, 0.5) is 22.1 Å². The quantitative estimate of drug-likeness (QED) is 0.0504. The Balaban J connectivity index is 0.924. The number of aryl methyl sites for hydroxylation is 6. The summed E-state index contributed by atoms with van der Waals surface area (Å²) in [7, 11) is 5.01. The molecule has 10 aromatic heterocycles. The Hall–Kier alpha value is -10.5. The number of fused-ring (bicyclic) bond motifs is 5. The first-order valence-corrected chi connectivity index (χ1v) is 30.1. The largest absolute Gasteiger partial charge is 0.436 e. The zero-order valence-corrected chi connectivity index (χ0v) is 51.0. The molecule has 0 saturated heterocycles. The molecule has 0 N–H and O–H groups in total. The molecule has 0 bridgehead atoms. The van der Waals surface area contributed by atoms with Gasteiger partial charge in [-0.2, -0.15) is 35.5 Å². The Kier molecular flexibility index (Phi) is 14.9. The van der Waals surface area contributed by atoms with E-state index in [4.69, 9.17) is 0 Å². The van der Waals surface area contributed by atoms with Crippen LogP contribution in [0.15, 0.2) is 129 Å². The fraction of sp³-hybridized carbons (Fsp3) is 0.153. The molecule has 24 nitrogen and oxygen atoms in total. The third-order valence-corrected chi connectivity index (χ3v) is 18.0. The van der Waals surface area contributed by atoms with Gasteiger partial charge in [0.2, 0.25) is 0 Å². The summed E-state index contributed by atoms with van der Waals surface area (Å²) in [6, 6.07) is 26.3. The van der Waals surface area contributed by atoms with Crippen molar-refractivity contribution in [2.75, 3.05) is 11.2 Å². The number of hydrogen-bond donors (Lipinski definition) is 0. The maximum absolute atomic E-state index is 15.1. The second-order valence-corrected chi connectivity index (χ2v) is 23.4. The highest BCUT2D eigenvalue weighted by molar-refractivity contribution is 14.1. The standard InChI is InChI=1S/C59H41IN18O6S3/c1-31-12-9-14-34(23-62)46(31)45-21-40-51(87-45)56(81)77(41-28-63-24-35-25-68-71(3)47(35)41)58(83)75(40)19-11-17-65-53-38-27-70-73(5)49(38)43(30-67-53)78-55(80)50-39(20-44(86-50)36-15-8-7-13-33(36)22-61)74(59(78)84)18-10-16-64-52-37-26-69-72(4)48(37)42(29-66-52)76(57(60)82)54(79)32(2)85-6/h7-9,12-15,20-21,24-30H,2,10-11,18-19H2,1,3-6H3/q+2. The van der Waals surface area contributed by atoms with Crippen molar-refractivity contribution in [2.24, 2.45) is 21.1 Å². The summed E-state index contributed by atoms with van der Waals surface area (Å²) in [5, 5.41) is 34.8. The molecule has 28 heteroatoms. The number of amides is 2. The van der Waals surface area contributed by atoms with Gasteiger partial charge in [-0.25, -0.2) is 23.6 Å². The van der Waals surface area contributed by atoms with Crippen LogP contribution in [0.25, 0.3) is 95.1 Å². The summed E-state index contributed by atoms with van der Waals surface area (Å²) >= 11 is 4.93. The first-order valence-electron chi connectivity index (χ1n) is 26.1. The summed E-state index contributed by atoms with van der Waals surface area (Å²) in [6.45, 7) is 5.61. The van der Waals surface area contributed by atoms with Gasteiger partial charge in [0.05, 0.1) is 88.0 Å². The Morgan fingerprint density at radius 1 is 0.690 bits per heavy atom. The van der Waals surface area contributed by atoms with Crippen molar-refractivity contribution in [3.8, 4) is 56.5 Å². The van der Waals surface area contributed by atoms with Crippen molar-refractivity contribution in [1.82, 2.24) is 62.6 Å². The van der Waals surface area contributed by atoms with Crippen molar-refractivity contribution in [2.45, 2.75) is 32.9 Å². The molecule has 0 radical (unpaired) electrons. The smallest absolute Gasteiger partial charge is 0.291 e. The Labute approximate surface area is 515 Å². The first kappa shape index (κ1) is 57.0. The average Bonchev–Trinajstić information content (AvgIpc) is 2.57. The van der Waals surface area contributed by atoms with Crippen molar-refractivity contribution in [3.05, 3.63) is 178 Å². The number of aromatic nitrogens is 13. The van der Waals surface area contributed by atoms with Crippen molar-refractivity contribution >= 4 is 137 Å². The lowest BCUT2D eigenvalue weighted by Crippen LogP contribution is -2.38. The zero-order valence-electron chi connectivity index (χ0n) is 46.4. The highest BCUT2D eigenvalue weighted by Gasteiger charge is 2.32. The number of nitriles is 2. The third-order valence-electron chi connectivity index (χ3n) is 14.5. The van der Waals surface area contributed by atoms with Gasteiger partial charge in [0.1, 0.15) is 42.6 Å². The number of benzene rings is 2. The lowest BCUT2D eigenvalue weighted by atomic mass is 10.0. The molecule has 87 heavy (non-hydrogen) atoms. The van der Waals surface area contributed by atoms with Gasteiger partial charge in [0.25, 0.3) is 20.9 Å². The number of thioether (sulfide) groups is 1. The van der Waals surface area contributed by atoms with Crippen molar-refractivity contribution < 1.29 is 9.59 Å². The minimum atomic E-state index is -0.729. The molecule has 426 valence electrons. The van der Waals surface area contributed by atoms with E-state index in [1.807, 2.05) is 13.0 Å². The molecule has 2 aromatic carbocycles. The van der Waals surface area contributed by atoms with Crippen LogP contribution in [0, 0.1) is 41.7 Å². The third kappa shape index (κ3) is 9.66. The van der Waals surface area contributed by atoms with E-state index in [1.165, 1.54) is 83.4 Å². The molecule has 0 spiro atoms. The van der Waals surface area contributed by atoms with E-state index in [0.29, 0.717) is 75.8 Å². The van der Waals surface area contributed by atoms with E-state index in [2.05, 4.69) is 70.8 Å².